The fraction of sp³-hybridized carbons (Fsp3) is 0.588. The van der Waals surface area contributed by atoms with Crippen molar-refractivity contribution in [3.63, 3.8) is 0 Å². The van der Waals surface area contributed by atoms with Crippen molar-refractivity contribution in [3.8, 4) is 0 Å². The topological polar surface area (TPSA) is 32.6 Å². The Morgan fingerprint density at radius 1 is 1.38 bits per heavy atom. The van der Waals surface area contributed by atoms with Gasteiger partial charge in [0, 0.05) is 26.3 Å². The Balaban J connectivity index is 1.85. The summed E-state index contributed by atoms with van der Waals surface area (Å²) >= 11 is 0. The molecule has 0 saturated heterocycles. The van der Waals surface area contributed by atoms with Crippen LogP contribution in [0.3, 0.4) is 0 Å². The summed E-state index contributed by atoms with van der Waals surface area (Å²) < 4.78 is 2.22. The predicted octanol–water partition coefficient (Wildman–Crippen LogP) is 3.07. The first-order valence-corrected chi connectivity index (χ1v) is 8.17. The second-order valence-corrected chi connectivity index (χ2v) is 6.17. The number of pyridine rings is 1. The van der Waals surface area contributed by atoms with Gasteiger partial charge in [-0.1, -0.05) is 19.4 Å². The Kier molecular flexibility index (Phi) is 4.44. The van der Waals surface area contributed by atoms with Crippen molar-refractivity contribution in [2.24, 2.45) is 5.92 Å². The van der Waals surface area contributed by atoms with E-state index in [1.165, 1.54) is 25.0 Å². The molecule has 114 valence electrons. The summed E-state index contributed by atoms with van der Waals surface area (Å²) in [5, 5.41) is 3.52. The zero-order chi connectivity index (χ0) is 14.7. The van der Waals surface area contributed by atoms with Gasteiger partial charge in [0.15, 0.2) is 5.82 Å². The molecule has 0 atom stereocenters. The molecule has 3 rings (SSSR count). The van der Waals surface area contributed by atoms with E-state index >= 15 is 0 Å². The molecular weight excluding hydrogens is 260 g/mol. The molecule has 0 amide bonds. The number of imidazole rings is 1. The van der Waals surface area contributed by atoms with Gasteiger partial charge < -0.3 is 14.6 Å². The molecule has 0 aromatic carbocycles. The number of nitrogens with zero attached hydrogens (tertiary/aromatic N) is 3. The third-order valence-electron chi connectivity index (χ3n) is 4.45. The maximum Gasteiger partial charge on any atom is 0.152 e. The largest absolute Gasteiger partial charge is 0.358 e. The van der Waals surface area contributed by atoms with E-state index in [1.807, 2.05) is 0 Å². The predicted molar refractivity (Wildman–Crippen MR) is 87.8 cm³/mol. The average molecular weight is 286 g/mol. The highest BCUT2D eigenvalue weighted by Crippen LogP contribution is 2.29. The van der Waals surface area contributed by atoms with Crippen molar-refractivity contribution in [2.45, 2.75) is 39.2 Å². The SMILES string of the molecule is CCCNCc1c(N(C)CC2CCC2)nc2ccccn12. The first kappa shape index (κ1) is 14.4. The monoisotopic (exact) mass is 286 g/mol. The van der Waals surface area contributed by atoms with Crippen LogP contribution in [0.25, 0.3) is 5.65 Å². The van der Waals surface area contributed by atoms with Gasteiger partial charge in [-0.25, -0.2) is 4.98 Å². The molecule has 1 aliphatic carbocycles. The third kappa shape index (κ3) is 3.05. The highest BCUT2D eigenvalue weighted by Gasteiger charge is 2.22. The Bertz CT molecular complexity index is 585. The Morgan fingerprint density at radius 3 is 2.95 bits per heavy atom. The first-order valence-electron chi connectivity index (χ1n) is 8.17. The van der Waals surface area contributed by atoms with Crippen LogP contribution in [0.4, 0.5) is 5.82 Å². The molecule has 4 heteroatoms. The van der Waals surface area contributed by atoms with Crippen molar-refractivity contribution < 1.29 is 0 Å². The van der Waals surface area contributed by atoms with E-state index < -0.39 is 0 Å². The fourth-order valence-corrected chi connectivity index (χ4v) is 3.04. The highest BCUT2D eigenvalue weighted by molar-refractivity contribution is 5.55. The second-order valence-electron chi connectivity index (χ2n) is 6.17. The lowest BCUT2D eigenvalue weighted by atomic mass is 9.85. The summed E-state index contributed by atoms with van der Waals surface area (Å²) in [5.41, 5.74) is 2.32. The van der Waals surface area contributed by atoms with Gasteiger partial charge in [-0.3, -0.25) is 0 Å². The quantitative estimate of drug-likeness (QED) is 0.794. The number of nitrogens with one attached hydrogen (secondary N) is 1. The lowest BCUT2D eigenvalue weighted by Gasteiger charge is -2.30. The van der Waals surface area contributed by atoms with Crippen molar-refractivity contribution >= 4 is 11.5 Å². The summed E-state index contributed by atoms with van der Waals surface area (Å²) in [5.74, 6) is 1.99. The summed E-state index contributed by atoms with van der Waals surface area (Å²) in [6.45, 7) is 5.25. The molecule has 0 aliphatic heterocycles. The molecule has 0 spiro atoms. The van der Waals surface area contributed by atoms with E-state index in [4.69, 9.17) is 4.98 Å². The van der Waals surface area contributed by atoms with Crippen molar-refractivity contribution in [3.05, 3.63) is 30.1 Å². The van der Waals surface area contributed by atoms with Gasteiger partial charge in [0.1, 0.15) is 5.65 Å². The van der Waals surface area contributed by atoms with Gasteiger partial charge in [-0.05, 0) is 43.9 Å². The van der Waals surface area contributed by atoms with Crippen molar-refractivity contribution in [1.29, 1.82) is 0 Å². The highest BCUT2D eigenvalue weighted by atomic mass is 15.2. The minimum absolute atomic E-state index is 0.858. The fourth-order valence-electron chi connectivity index (χ4n) is 3.04. The van der Waals surface area contributed by atoms with E-state index in [9.17, 15) is 0 Å². The molecule has 4 nitrogen and oxygen atoms in total. The maximum atomic E-state index is 4.85. The molecule has 0 bridgehead atoms. The lowest BCUT2D eigenvalue weighted by Crippen LogP contribution is -2.30. The zero-order valence-electron chi connectivity index (χ0n) is 13.2. The average Bonchev–Trinajstić information content (AvgIpc) is 2.82. The molecule has 0 radical (unpaired) electrons. The van der Waals surface area contributed by atoms with Crippen LogP contribution >= 0.6 is 0 Å². The van der Waals surface area contributed by atoms with Crippen LogP contribution in [-0.2, 0) is 6.54 Å². The van der Waals surface area contributed by atoms with E-state index in [2.05, 4.69) is 53.0 Å². The van der Waals surface area contributed by atoms with Crippen LogP contribution in [0.5, 0.6) is 0 Å². The van der Waals surface area contributed by atoms with E-state index in [0.717, 1.165) is 43.4 Å². The Hall–Kier alpha value is -1.55. The molecule has 1 fully saturated rings. The summed E-state index contributed by atoms with van der Waals surface area (Å²) in [6, 6.07) is 6.22. The number of hydrogen-bond donors (Lipinski definition) is 1. The lowest BCUT2D eigenvalue weighted by molar-refractivity contribution is 0.321. The number of anilines is 1. The minimum Gasteiger partial charge on any atom is -0.358 e. The van der Waals surface area contributed by atoms with E-state index in [0.29, 0.717) is 0 Å². The Labute approximate surface area is 127 Å². The molecule has 2 aromatic rings. The molecule has 21 heavy (non-hydrogen) atoms. The van der Waals surface area contributed by atoms with Gasteiger partial charge in [0.2, 0.25) is 0 Å². The number of aromatic nitrogens is 2. The van der Waals surface area contributed by atoms with Gasteiger partial charge in [-0.2, -0.15) is 0 Å². The number of hydrogen-bond acceptors (Lipinski definition) is 3. The number of fused-ring (bicyclic) bond motifs is 1. The summed E-state index contributed by atoms with van der Waals surface area (Å²) in [4.78, 5) is 7.20. The van der Waals surface area contributed by atoms with Crippen molar-refractivity contribution in [1.82, 2.24) is 14.7 Å². The van der Waals surface area contributed by atoms with Gasteiger partial charge >= 0.3 is 0 Å². The van der Waals surface area contributed by atoms with Gasteiger partial charge in [0.25, 0.3) is 0 Å². The molecule has 2 aromatic heterocycles. The third-order valence-corrected chi connectivity index (χ3v) is 4.45. The smallest absolute Gasteiger partial charge is 0.152 e. The minimum atomic E-state index is 0.858. The van der Waals surface area contributed by atoms with Gasteiger partial charge in [-0.15, -0.1) is 0 Å². The molecule has 1 aliphatic rings. The second kappa shape index (κ2) is 6.48. The number of rotatable bonds is 7. The van der Waals surface area contributed by atoms with E-state index in [1.54, 1.807) is 0 Å². The van der Waals surface area contributed by atoms with Crippen LogP contribution in [-0.4, -0.2) is 29.5 Å². The molecule has 0 unspecified atom stereocenters. The summed E-state index contributed by atoms with van der Waals surface area (Å²) in [7, 11) is 2.18. The van der Waals surface area contributed by atoms with Gasteiger partial charge in [0.05, 0.1) is 5.69 Å². The molecule has 1 saturated carbocycles. The van der Waals surface area contributed by atoms with Crippen LogP contribution in [0.1, 0.15) is 38.3 Å². The van der Waals surface area contributed by atoms with Crippen LogP contribution < -0.4 is 10.2 Å². The van der Waals surface area contributed by atoms with E-state index in [-0.39, 0.29) is 0 Å². The van der Waals surface area contributed by atoms with Crippen molar-refractivity contribution in [2.75, 3.05) is 25.0 Å². The molecular formula is C17H26N4. The zero-order valence-corrected chi connectivity index (χ0v) is 13.2. The van der Waals surface area contributed by atoms with Crippen LogP contribution in [0.15, 0.2) is 24.4 Å². The van der Waals surface area contributed by atoms with Crippen LogP contribution in [0.2, 0.25) is 0 Å². The maximum absolute atomic E-state index is 4.85. The first-order chi connectivity index (χ1) is 10.3. The molecule has 2 heterocycles. The van der Waals surface area contributed by atoms with Crippen LogP contribution in [0, 0.1) is 5.92 Å². The standard InChI is InChI=1S/C17H26N4/c1-3-10-18-12-15-17(20(2)13-14-7-6-8-14)19-16-9-4-5-11-21(15)16/h4-5,9,11,14,18H,3,6-8,10,12-13H2,1-2H3. The summed E-state index contributed by atoms with van der Waals surface area (Å²) in [6.07, 6.45) is 7.42. The normalized spacial score (nSPS) is 15.3. The Morgan fingerprint density at radius 2 is 2.24 bits per heavy atom. The molecule has 1 N–H and O–H groups in total.